The third kappa shape index (κ3) is 4.53. The van der Waals surface area contributed by atoms with Crippen molar-refractivity contribution in [3.63, 3.8) is 0 Å². The first-order valence-electron chi connectivity index (χ1n) is 8.96. The van der Waals surface area contributed by atoms with E-state index in [1.54, 1.807) is 0 Å². The van der Waals surface area contributed by atoms with Crippen LogP contribution in [-0.2, 0) is 11.2 Å². The van der Waals surface area contributed by atoms with Gasteiger partial charge in [-0.15, -0.1) is 0 Å². The highest BCUT2D eigenvalue weighted by molar-refractivity contribution is 5.78. The summed E-state index contributed by atoms with van der Waals surface area (Å²) in [6.07, 6.45) is 3.01. The molecule has 2 aromatic carbocycles. The molecule has 1 unspecified atom stereocenters. The highest BCUT2D eigenvalue weighted by Crippen LogP contribution is 2.27. The molecule has 1 aliphatic heterocycles. The van der Waals surface area contributed by atoms with Crippen molar-refractivity contribution in [1.82, 2.24) is 4.90 Å². The zero-order valence-corrected chi connectivity index (χ0v) is 14.7. The minimum atomic E-state index is 0.0460. The summed E-state index contributed by atoms with van der Waals surface area (Å²) in [4.78, 5) is 14.6. The minimum absolute atomic E-state index is 0.0460. The molecular weight excluding hydrogens is 314 g/mol. The molecular formula is C21H25NO3. The molecule has 1 atom stereocenters. The van der Waals surface area contributed by atoms with Crippen molar-refractivity contribution in [2.75, 3.05) is 19.8 Å². The Morgan fingerprint density at radius 3 is 2.44 bits per heavy atom. The highest BCUT2D eigenvalue weighted by atomic mass is 16.5. The summed E-state index contributed by atoms with van der Waals surface area (Å²) < 4.78 is 11.3. The lowest BCUT2D eigenvalue weighted by Crippen LogP contribution is -2.39. The molecule has 1 fully saturated rings. The number of hydrogen-bond donors (Lipinski definition) is 0. The van der Waals surface area contributed by atoms with Crippen molar-refractivity contribution in [1.29, 1.82) is 0 Å². The molecule has 0 aromatic heterocycles. The fraction of sp³-hybridized carbons (Fsp3) is 0.381. The Morgan fingerprint density at radius 1 is 1.04 bits per heavy atom. The number of amides is 1. The van der Waals surface area contributed by atoms with Crippen LogP contribution in [0.3, 0.4) is 0 Å². The van der Waals surface area contributed by atoms with Crippen molar-refractivity contribution in [3.8, 4) is 11.5 Å². The molecule has 1 aliphatic rings. The zero-order valence-electron chi connectivity index (χ0n) is 14.7. The quantitative estimate of drug-likeness (QED) is 0.772. The summed E-state index contributed by atoms with van der Waals surface area (Å²) in [6.45, 7) is 3.36. The molecule has 3 rings (SSSR count). The predicted molar refractivity (Wildman–Crippen MR) is 98.0 cm³/mol. The molecule has 2 aromatic rings. The number of likely N-dealkylation sites (tertiary alicyclic amines) is 1. The molecule has 1 amide bonds. The maximum Gasteiger partial charge on any atom is 0.260 e. The molecule has 0 N–H and O–H groups in total. The number of nitrogens with zero attached hydrogens (tertiary/aromatic N) is 1. The van der Waals surface area contributed by atoms with Crippen LogP contribution >= 0.6 is 0 Å². The van der Waals surface area contributed by atoms with Gasteiger partial charge in [0.05, 0.1) is 6.61 Å². The summed E-state index contributed by atoms with van der Waals surface area (Å²) in [7, 11) is 0. The van der Waals surface area contributed by atoms with Gasteiger partial charge in [-0.1, -0.05) is 42.5 Å². The normalized spacial score (nSPS) is 16.7. The molecule has 1 heterocycles. The van der Waals surface area contributed by atoms with Crippen molar-refractivity contribution < 1.29 is 14.3 Å². The summed E-state index contributed by atoms with van der Waals surface area (Å²) in [5.74, 6) is 1.35. The van der Waals surface area contributed by atoms with Gasteiger partial charge in [-0.3, -0.25) is 4.79 Å². The molecule has 0 aliphatic carbocycles. The van der Waals surface area contributed by atoms with E-state index in [1.807, 2.05) is 54.3 Å². The number of rotatable bonds is 7. The number of ether oxygens (including phenoxy) is 2. The van der Waals surface area contributed by atoms with E-state index in [4.69, 9.17) is 9.47 Å². The molecule has 25 heavy (non-hydrogen) atoms. The Morgan fingerprint density at radius 2 is 1.72 bits per heavy atom. The van der Waals surface area contributed by atoms with E-state index in [0.717, 1.165) is 25.8 Å². The second-order valence-electron chi connectivity index (χ2n) is 6.24. The molecule has 0 bridgehead atoms. The number of para-hydroxylation sites is 2. The van der Waals surface area contributed by atoms with E-state index in [2.05, 4.69) is 12.1 Å². The van der Waals surface area contributed by atoms with Gasteiger partial charge in [0, 0.05) is 12.6 Å². The van der Waals surface area contributed by atoms with Gasteiger partial charge < -0.3 is 14.4 Å². The second kappa shape index (κ2) is 8.56. The Bertz CT molecular complexity index is 687. The Balaban J connectivity index is 1.59. The van der Waals surface area contributed by atoms with Crippen LogP contribution < -0.4 is 9.47 Å². The van der Waals surface area contributed by atoms with Gasteiger partial charge in [-0.2, -0.15) is 0 Å². The van der Waals surface area contributed by atoms with Gasteiger partial charge in [-0.05, 0) is 43.9 Å². The molecule has 4 heteroatoms. The topological polar surface area (TPSA) is 38.8 Å². The summed E-state index contributed by atoms with van der Waals surface area (Å²) >= 11 is 0. The van der Waals surface area contributed by atoms with Crippen LogP contribution in [0.25, 0.3) is 0 Å². The lowest BCUT2D eigenvalue weighted by Gasteiger charge is -2.25. The summed E-state index contributed by atoms with van der Waals surface area (Å²) in [5.41, 5.74) is 1.27. The van der Waals surface area contributed by atoms with Crippen LogP contribution in [0, 0.1) is 0 Å². The number of benzene rings is 2. The summed E-state index contributed by atoms with van der Waals surface area (Å²) in [5, 5.41) is 0. The first-order valence-corrected chi connectivity index (χ1v) is 8.96. The molecule has 0 saturated carbocycles. The van der Waals surface area contributed by atoms with E-state index in [1.165, 1.54) is 5.56 Å². The van der Waals surface area contributed by atoms with Crippen LogP contribution in [0.15, 0.2) is 54.6 Å². The van der Waals surface area contributed by atoms with Crippen LogP contribution in [0.5, 0.6) is 11.5 Å². The van der Waals surface area contributed by atoms with Crippen molar-refractivity contribution in [2.24, 2.45) is 0 Å². The van der Waals surface area contributed by atoms with Gasteiger partial charge in [0.2, 0.25) is 0 Å². The van der Waals surface area contributed by atoms with Gasteiger partial charge >= 0.3 is 0 Å². The molecule has 0 spiro atoms. The Kier molecular flexibility index (Phi) is 5.94. The highest BCUT2D eigenvalue weighted by Gasteiger charge is 2.29. The predicted octanol–water partition coefficient (Wildman–Crippen LogP) is 3.70. The summed E-state index contributed by atoms with van der Waals surface area (Å²) in [6, 6.07) is 18.1. The smallest absolute Gasteiger partial charge is 0.260 e. The Labute approximate surface area is 149 Å². The van der Waals surface area contributed by atoms with Crippen molar-refractivity contribution in [3.05, 3.63) is 60.2 Å². The van der Waals surface area contributed by atoms with Crippen LogP contribution in [0.4, 0.5) is 0 Å². The molecule has 1 saturated heterocycles. The standard InChI is InChI=1S/C21H25NO3/c1-2-24-19-12-6-7-13-20(19)25-16-21(23)22-14-8-11-18(22)15-17-9-4-3-5-10-17/h3-7,9-10,12-13,18H,2,8,11,14-16H2,1H3. The van der Waals surface area contributed by atoms with E-state index in [-0.39, 0.29) is 18.6 Å². The average molecular weight is 339 g/mol. The molecule has 132 valence electrons. The van der Waals surface area contributed by atoms with Gasteiger partial charge in [-0.25, -0.2) is 0 Å². The van der Waals surface area contributed by atoms with Crippen LogP contribution in [-0.4, -0.2) is 36.6 Å². The van der Waals surface area contributed by atoms with Gasteiger partial charge in [0.25, 0.3) is 5.91 Å². The number of hydrogen-bond acceptors (Lipinski definition) is 3. The van der Waals surface area contributed by atoms with Crippen molar-refractivity contribution in [2.45, 2.75) is 32.2 Å². The monoisotopic (exact) mass is 339 g/mol. The van der Waals surface area contributed by atoms with Crippen molar-refractivity contribution >= 4 is 5.91 Å². The van der Waals surface area contributed by atoms with E-state index >= 15 is 0 Å². The number of carbonyl (C=O) groups excluding carboxylic acids is 1. The SMILES string of the molecule is CCOc1ccccc1OCC(=O)N1CCCC1Cc1ccccc1. The third-order valence-corrected chi connectivity index (χ3v) is 4.51. The number of carbonyl (C=O) groups is 1. The minimum Gasteiger partial charge on any atom is -0.490 e. The first kappa shape index (κ1) is 17.3. The van der Waals surface area contributed by atoms with Gasteiger partial charge in [0.15, 0.2) is 18.1 Å². The Hall–Kier alpha value is -2.49. The van der Waals surface area contributed by atoms with Gasteiger partial charge in [0.1, 0.15) is 0 Å². The molecule has 4 nitrogen and oxygen atoms in total. The fourth-order valence-electron chi connectivity index (χ4n) is 3.33. The largest absolute Gasteiger partial charge is 0.490 e. The second-order valence-corrected chi connectivity index (χ2v) is 6.24. The van der Waals surface area contributed by atoms with Crippen LogP contribution in [0.1, 0.15) is 25.3 Å². The maximum atomic E-state index is 12.6. The van der Waals surface area contributed by atoms with E-state index in [0.29, 0.717) is 18.1 Å². The lowest BCUT2D eigenvalue weighted by atomic mass is 10.0. The van der Waals surface area contributed by atoms with E-state index < -0.39 is 0 Å². The molecule has 0 radical (unpaired) electrons. The maximum absolute atomic E-state index is 12.6. The third-order valence-electron chi connectivity index (χ3n) is 4.51. The average Bonchev–Trinajstić information content (AvgIpc) is 3.10. The zero-order chi connectivity index (χ0) is 17.5. The van der Waals surface area contributed by atoms with E-state index in [9.17, 15) is 4.79 Å². The lowest BCUT2D eigenvalue weighted by molar-refractivity contribution is -0.134. The van der Waals surface area contributed by atoms with Crippen LogP contribution in [0.2, 0.25) is 0 Å². The first-order chi connectivity index (χ1) is 12.3. The fourth-order valence-corrected chi connectivity index (χ4v) is 3.33.